The summed E-state index contributed by atoms with van der Waals surface area (Å²) >= 11 is 0. The normalized spacial score (nSPS) is 10.3. The summed E-state index contributed by atoms with van der Waals surface area (Å²) < 4.78 is 3.78. The number of rotatable bonds is 4. The summed E-state index contributed by atoms with van der Waals surface area (Å²) in [4.78, 5) is 0. The zero-order chi connectivity index (χ0) is 11.5. The first-order valence-electron chi connectivity index (χ1n) is 5.34. The van der Waals surface area contributed by atoms with Crippen molar-refractivity contribution in [2.75, 3.05) is 0 Å². The van der Waals surface area contributed by atoms with Crippen LogP contribution in [0.15, 0.2) is 18.3 Å². The number of hydrogen-bond donors (Lipinski definition) is 1. The van der Waals surface area contributed by atoms with Crippen molar-refractivity contribution in [1.29, 1.82) is 0 Å². The van der Waals surface area contributed by atoms with E-state index in [1.54, 1.807) is 0 Å². The topological polar surface area (TPSA) is 47.7 Å². The van der Waals surface area contributed by atoms with Crippen LogP contribution in [0.4, 0.5) is 0 Å². The van der Waals surface area contributed by atoms with Gasteiger partial charge in [0, 0.05) is 33.4 Å². The molecule has 0 aliphatic heterocycles. The molecule has 0 radical (unpaired) electrons. The molecule has 0 aromatic carbocycles. The molecule has 0 saturated carbocycles. The van der Waals surface area contributed by atoms with Crippen LogP contribution < -0.4 is 5.32 Å². The molecule has 2 rings (SSSR count). The highest BCUT2D eigenvalue weighted by molar-refractivity contribution is 5.85. The predicted molar refractivity (Wildman–Crippen MR) is 68.9 cm³/mol. The minimum Gasteiger partial charge on any atom is -0.306 e. The van der Waals surface area contributed by atoms with E-state index in [0.29, 0.717) is 0 Å². The van der Waals surface area contributed by atoms with Crippen LogP contribution in [-0.2, 0) is 27.2 Å². The Morgan fingerprint density at radius 3 is 2.41 bits per heavy atom. The first-order valence-corrected chi connectivity index (χ1v) is 5.34. The average Bonchev–Trinajstić information content (AvgIpc) is 2.75. The second-order valence-corrected chi connectivity index (χ2v) is 3.95. The lowest BCUT2D eigenvalue weighted by Crippen LogP contribution is -2.17. The Morgan fingerprint density at radius 1 is 1.18 bits per heavy atom. The molecule has 0 saturated heterocycles. The Morgan fingerprint density at radius 2 is 1.88 bits per heavy atom. The minimum absolute atomic E-state index is 0. The Kier molecular flexibility index (Phi) is 4.72. The van der Waals surface area contributed by atoms with Gasteiger partial charge in [0.05, 0.1) is 17.1 Å². The van der Waals surface area contributed by atoms with Crippen molar-refractivity contribution in [2.24, 2.45) is 14.1 Å². The highest BCUT2D eigenvalue weighted by atomic mass is 35.5. The Labute approximate surface area is 107 Å². The number of halogens is 1. The van der Waals surface area contributed by atoms with Gasteiger partial charge in [-0.25, -0.2) is 0 Å². The van der Waals surface area contributed by atoms with Gasteiger partial charge in [0.1, 0.15) is 0 Å². The van der Waals surface area contributed by atoms with Crippen molar-refractivity contribution >= 4 is 12.4 Å². The summed E-state index contributed by atoms with van der Waals surface area (Å²) in [5, 5.41) is 11.8. The molecule has 2 heterocycles. The van der Waals surface area contributed by atoms with Crippen LogP contribution >= 0.6 is 12.4 Å². The maximum absolute atomic E-state index is 4.30. The molecule has 5 nitrogen and oxygen atoms in total. The second kappa shape index (κ2) is 5.84. The fraction of sp³-hybridized carbons (Fsp3) is 0.455. The molecule has 2 aromatic rings. The molecule has 0 aliphatic rings. The fourth-order valence-corrected chi connectivity index (χ4v) is 1.72. The third-order valence-electron chi connectivity index (χ3n) is 2.63. The van der Waals surface area contributed by atoms with E-state index in [2.05, 4.69) is 21.6 Å². The third-order valence-corrected chi connectivity index (χ3v) is 2.63. The molecule has 17 heavy (non-hydrogen) atoms. The molecule has 1 N–H and O–H groups in total. The lowest BCUT2D eigenvalue weighted by Gasteiger charge is -2.05. The molecule has 6 heteroatoms. The van der Waals surface area contributed by atoms with Crippen LogP contribution in [0.3, 0.4) is 0 Å². The molecule has 0 atom stereocenters. The van der Waals surface area contributed by atoms with E-state index in [1.807, 2.05) is 42.6 Å². The van der Waals surface area contributed by atoms with Gasteiger partial charge in [0.15, 0.2) is 0 Å². The van der Waals surface area contributed by atoms with Crippen LogP contribution in [0.5, 0.6) is 0 Å². The van der Waals surface area contributed by atoms with Gasteiger partial charge >= 0.3 is 0 Å². The molecule has 0 spiro atoms. The second-order valence-electron chi connectivity index (χ2n) is 3.95. The summed E-state index contributed by atoms with van der Waals surface area (Å²) in [6.07, 6.45) is 1.81. The maximum atomic E-state index is 4.30. The Hall–Kier alpha value is -1.33. The molecule has 0 bridgehead atoms. The molecule has 0 unspecified atom stereocenters. The summed E-state index contributed by atoms with van der Waals surface area (Å²) in [5.74, 6) is 0. The first kappa shape index (κ1) is 13.7. The Bertz CT molecular complexity index is 474. The van der Waals surface area contributed by atoms with E-state index in [-0.39, 0.29) is 12.4 Å². The highest BCUT2D eigenvalue weighted by Gasteiger charge is 2.02. The van der Waals surface area contributed by atoms with E-state index >= 15 is 0 Å². The van der Waals surface area contributed by atoms with Crippen LogP contribution in [0.25, 0.3) is 0 Å². The van der Waals surface area contributed by atoms with E-state index in [1.165, 1.54) is 11.4 Å². The number of nitrogens with one attached hydrogen (secondary N) is 1. The molecule has 0 amide bonds. The van der Waals surface area contributed by atoms with Crippen LogP contribution in [0.1, 0.15) is 17.1 Å². The van der Waals surface area contributed by atoms with Gasteiger partial charge in [0.2, 0.25) is 0 Å². The average molecular weight is 256 g/mol. The number of aromatic nitrogens is 4. The van der Waals surface area contributed by atoms with Gasteiger partial charge in [-0.2, -0.15) is 10.2 Å². The van der Waals surface area contributed by atoms with Crippen LogP contribution in [-0.4, -0.2) is 19.6 Å². The van der Waals surface area contributed by atoms with Crippen molar-refractivity contribution in [3.8, 4) is 0 Å². The van der Waals surface area contributed by atoms with Gasteiger partial charge in [0.25, 0.3) is 0 Å². The minimum atomic E-state index is 0. The van der Waals surface area contributed by atoms with Crippen molar-refractivity contribution in [2.45, 2.75) is 20.0 Å². The SMILES string of the molecule is Cc1cc(CNCc2ccnn2C)n(C)n1.Cl. The van der Waals surface area contributed by atoms with Crippen molar-refractivity contribution in [1.82, 2.24) is 24.9 Å². The summed E-state index contributed by atoms with van der Waals surface area (Å²) in [7, 11) is 3.92. The van der Waals surface area contributed by atoms with Gasteiger partial charge in [-0.3, -0.25) is 9.36 Å². The fourth-order valence-electron chi connectivity index (χ4n) is 1.72. The van der Waals surface area contributed by atoms with Crippen molar-refractivity contribution < 1.29 is 0 Å². The predicted octanol–water partition coefficient (Wildman–Crippen LogP) is 1.17. The third kappa shape index (κ3) is 3.31. The lowest BCUT2D eigenvalue weighted by atomic mass is 10.3. The number of aryl methyl sites for hydroxylation is 3. The summed E-state index contributed by atoms with van der Waals surface area (Å²) in [6.45, 7) is 3.65. The molecular weight excluding hydrogens is 238 g/mol. The molecular formula is C11H18ClN5. The van der Waals surface area contributed by atoms with Crippen LogP contribution in [0, 0.1) is 6.92 Å². The van der Waals surface area contributed by atoms with Crippen LogP contribution in [0.2, 0.25) is 0 Å². The van der Waals surface area contributed by atoms with Crippen molar-refractivity contribution in [3.05, 3.63) is 35.4 Å². The standard InChI is InChI=1S/C11H17N5.ClH/c1-9-6-11(16(3)14-9)8-12-7-10-4-5-13-15(10)2;/h4-6,12H,7-8H2,1-3H3;1H. The van der Waals surface area contributed by atoms with E-state index in [4.69, 9.17) is 0 Å². The zero-order valence-corrected chi connectivity index (χ0v) is 11.2. The molecule has 94 valence electrons. The van der Waals surface area contributed by atoms with Gasteiger partial charge in [-0.1, -0.05) is 0 Å². The number of hydrogen-bond acceptors (Lipinski definition) is 3. The lowest BCUT2D eigenvalue weighted by molar-refractivity contribution is 0.594. The highest BCUT2D eigenvalue weighted by Crippen LogP contribution is 2.02. The Balaban J connectivity index is 0.00000144. The molecule has 2 aromatic heterocycles. The van der Waals surface area contributed by atoms with Gasteiger partial charge < -0.3 is 5.32 Å². The monoisotopic (exact) mass is 255 g/mol. The smallest absolute Gasteiger partial charge is 0.0597 e. The van der Waals surface area contributed by atoms with E-state index < -0.39 is 0 Å². The summed E-state index contributed by atoms with van der Waals surface area (Å²) in [6, 6.07) is 4.11. The quantitative estimate of drug-likeness (QED) is 0.892. The zero-order valence-electron chi connectivity index (χ0n) is 10.3. The molecule has 0 fully saturated rings. The number of nitrogens with zero attached hydrogens (tertiary/aromatic N) is 4. The van der Waals surface area contributed by atoms with E-state index in [0.717, 1.165) is 18.8 Å². The summed E-state index contributed by atoms with van der Waals surface area (Å²) in [5.41, 5.74) is 3.43. The maximum Gasteiger partial charge on any atom is 0.0597 e. The van der Waals surface area contributed by atoms with Gasteiger partial charge in [-0.15, -0.1) is 12.4 Å². The first-order chi connectivity index (χ1) is 7.66. The largest absolute Gasteiger partial charge is 0.306 e. The van der Waals surface area contributed by atoms with Gasteiger partial charge in [-0.05, 0) is 19.1 Å². The molecule has 0 aliphatic carbocycles. The van der Waals surface area contributed by atoms with Crippen molar-refractivity contribution in [3.63, 3.8) is 0 Å². The van der Waals surface area contributed by atoms with E-state index in [9.17, 15) is 0 Å².